The number of methoxy groups -OCH3 is 1. The van der Waals surface area contributed by atoms with Crippen LogP contribution in [-0.2, 0) is 11.2 Å². The van der Waals surface area contributed by atoms with Gasteiger partial charge in [0.2, 0.25) is 0 Å². The van der Waals surface area contributed by atoms with Gasteiger partial charge in [0.1, 0.15) is 0 Å². The Bertz CT molecular complexity index is 290. The molecule has 1 rings (SSSR count). The first-order valence-corrected chi connectivity index (χ1v) is 7.33. The highest BCUT2D eigenvalue weighted by atomic mass is 79.9. The standard InChI is InChI=1S/C12H20BrNOS/c1-3-14-10(5-4-8-15-2)9-11-6-7-12(13)16-11/h6-7,10,14H,3-5,8-9H2,1-2H3. The number of thiophene rings is 1. The molecular weight excluding hydrogens is 286 g/mol. The molecule has 92 valence electrons. The molecule has 1 aromatic heterocycles. The van der Waals surface area contributed by atoms with E-state index in [-0.39, 0.29) is 0 Å². The van der Waals surface area contributed by atoms with E-state index in [1.54, 1.807) is 7.11 Å². The topological polar surface area (TPSA) is 21.3 Å². The summed E-state index contributed by atoms with van der Waals surface area (Å²) in [5, 5.41) is 3.54. The molecule has 16 heavy (non-hydrogen) atoms. The largest absolute Gasteiger partial charge is 0.385 e. The highest BCUT2D eigenvalue weighted by molar-refractivity contribution is 9.11. The Morgan fingerprint density at radius 2 is 2.31 bits per heavy atom. The predicted octanol–water partition coefficient (Wildman–Crippen LogP) is 3.46. The van der Waals surface area contributed by atoms with Crippen molar-refractivity contribution in [3.63, 3.8) is 0 Å². The number of rotatable bonds is 8. The van der Waals surface area contributed by atoms with Crippen molar-refractivity contribution in [1.29, 1.82) is 0 Å². The van der Waals surface area contributed by atoms with Gasteiger partial charge in [0.15, 0.2) is 0 Å². The lowest BCUT2D eigenvalue weighted by atomic mass is 10.1. The third-order valence-corrected chi connectivity index (χ3v) is 4.12. The molecule has 0 aliphatic carbocycles. The first-order valence-electron chi connectivity index (χ1n) is 5.72. The minimum absolute atomic E-state index is 0.575. The van der Waals surface area contributed by atoms with Crippen LogP contribution in [0.5, 0.6) is 0 Å². The van der Waals surface area contributed by atoms with Crippen molar-refractivity contribution in [3.8, 4) is 0 Å². The molecule has 0 aliphatic rings. The van der Waals surface area contributed by atoms with Crippen LogP contribution in [0.25, 0.3) is 0 Å². The van der Waals surface area contributed by atoms with Gasteiger partial charge in [-0.1, -0.05) is 6.92 Å². The van der Waals surface area contributed by atoms with E-state index in [1.807, 2.05) is 11.3 Å². The summed E-state index contributed by atoms with van der Waals surface area (Å²) in [5.41, 5.74) is 0. The maximum absolute atomic E-state index is 5.09. The van der Waals surface area contributed by atoms with Gasteiger partial charge in [-0.05, 0) is 53.9 Å². The van der Waals surface area contributed by atoms with Crippen molar-refractivity contribution in [2.45, 2.75) is 32.2 Å². The normalized spacial score (nSPS) is 12.9. The molecule has 4 heteroatoms. The van der Waals surface area contributed by atoms with Gasteiger partial charge in [-0.3, -0.25) is 0 Å². The first kappa shape index (κ1) is 14.2. The molecule has 0 radical (unpaired) electrons. The van der Waals surface area contributed by atoms with E-state index in [0.29, 0.717) is 6.04 Å². The van der Waals surface area contributed by atoms with E-state index >= 15 is 0 Å². The molecule has 1 heterocycles. The van der Waals surface area contributed by atoms with Crippen LogP contribution in [0.3, 0.4) is 0 Å². The Labute approximate surface area is 111 Å². The maximum atomic E-state index is 5.09. The molecule has 0 aromatic carbocycles. The van der Waals surface area contributed by atoms with Crippen molar-refractivity contribution < 1.29 is 4.74 Å². The van der Waals surface area contributed by atoms with Crippen LogP contribution >= 0.6 is 27.3 Å². The van der Waals surface area contributed by atoms with Gasteiger partial charge < -0.3 is 10.1 Å². The van der Waals surface area contributed by atoms with Gasteiger partial charge in [-0.25, -0.2) is 0 Å². The zero-order valence-corrected chi connectivity index (χ0v) is 12.4. The Hall–Kier alpha value is 0.1000. The highest BCUT2D eigenvalue weighted by Gasteiger charge is 2.09. The van der Waals surface area contributed by atoms with Crippen molar-refractivity contribution in [2.75, 3.05) is 20.3 Å². The summed E-state index contributed by atoms with van der Waals surface area (Å²) < 4.78 is 6.31. The minimum atomic E-state index is 0.575. The maximum Gasteiger partial charge on any atom is 0.0701 e. The van der Waals surface area contributed by atoms with Crippen LogP contribution in [0, 0.1) is 0 Å². The average molecular weight is 306 g/mol. The van der Waals surface area contributed by atoms with Crippen LogP contribution < -0.4 is 5.32 Å². The smallest absolute Gasteiger partial charge is 0.0701 e. The van der Waals surface area contributed by atoms with E-state index in [0.717, 1.165) is 26.0 Å². The third-order valence-electron chi connectivity index (χ3n) is 2.47. The van der Waals surface area contributed by atoms with E-state index in [4.69, 9.17) is 4.74 Å². The van der Waals surface area contributed by atoms with E-state index in [2.05, 4.69) is 40.3 Å². The molecule has 0 saturated heterocycles. The van der Waals surface area contributed by atoms with E-state index in [9.17, 15) is 0 Å². The summed E-state index contributed by atoms with van der Waals surface area (Å²) in [6, 6.07) is 4.90. The first-order chi connectivity index (χ1) is 7.76. The molecule has 0 fully saturated rings. The lowest BCUT2D eigenvalue weighted by Gasteiger charge is -2.16. The fourth-order valence-electron chi connectivity index (χ4n) is 1.74. The van der Waals surface area contributed by atoms with Crippen LogP contribution in [0.1, 0.15) is 24.6 Å². The molecule has 1 unspecified atom stereocenters. The molecule has 0 saturated carbocycles. The zero-order valence-electron chi connectivity index (χ0n) is 9.96. The number of hydrogen-bond donors (Lipinski definition) is 1. The van der Waals surface area contributed by atoms with Crippen molar-refractivity contribution >= 4 is 27.3 Å². The Morgan fingerprint density at radius 3 is 2.88 bits per heavy atom. The van der Waals surface area contributed by atoms with Gasteiger partial charge in [0, 0.05) is 24.6 Å². The monoisotopic (exact) mass is 305 g/mol. The van der Waals surface area contributed by atoms with Crippen molar-refractivity contribution in [2.24, 2.45) is 0 Å². The fraction of sp³-hybridized carbons (Fsp3) is 0.667. The van der Waals surface area contributed by atoms with Gasteiger partial charge in [0.05, 0.1) is 3.79 Å². The lowest BCUT2D eigenvalue weighted by molar-refractivity contribution is 0.188. The molecular formula is C12H20BrNOS. The molecule has 0 amide bonds. The van der Waals surface area contributed by atoms with Gasteiger partial charge in [-0.15, -0.1) is 11.3 Å². The van der Waals surface area contributed by atoms with Gasteiger partial charge in [0.25, 0.3) is 0 Å². The number of ether oxygens (including phenoxy) is 1. The van der Waals surface area contributed by atoms with Crippen LogP contribution in [0.2, 0.25) is 0 Å². The lowest BCUT2D eigenvalue weighted by Crippen LogP contribution is -2.30. The molecule has 1 atom stereocenters. The summed E-state index contributed by atoms with van der Waals surface area (Å²) in [4.78, 5) is 1.44. The predicted molar refractivity (Wildman–Crippen MR) is 74.3 cm³/mol. The summed E-state index contributed by atoms with van der Waals surface area (Å²) in [6.07, 6.45) is 3.42. The molecule has 0 aliphatic heterocycles. The second-order valence-electron chi connectivity index (χ2n) is 3.80. The van der Waals surface area contributed by atoms with Crippen molar-refractivity contribution in [1.82, 2.24) is 5.32 Å². The van der Waals surface area contributed by atoms with Crippen LogP contribution in [-0.4, -0.2) is 26.3 Å². The third kappa shape index (κ3) is 5.43. The number of hydrogen-bond acceptors (Lipinski definition) is 3. The molecule has 1 aromatic rings. The van der Waals surface area contributed by atoms with Gasteiger partial charge >= 0.3 is 0 Å². The van der Waals surface area contributed by atoms with Gasteiger partial charge in [-0.2, -0.15) is 0 Å². The summed E-state index contributed by atoms with van der Waals surface area (Å²) in [5.74, 6) is 0. The van der Waals surface area contributed by atoms with Crippen LogP contribution in [0.15, 0.2) is 15.9 Å². The molecule has 1 N–H and O–H groups in total. The second kappa shape index (κ2) is 8.23. The summed E-state index contributed by atoms with van der Waals surface area (Å²) in [6.45, 7) is 4.05. The van der Waals surface area contributed by atoms with E-state index in [1.165, 1.54) is 15.1 Å². The average Bonchev–Trinajstić information content (AvgIpc) is 2.65. The Kier molecular flexibility index (Phi) is 7.28. The van der Waals surface area contributed by atoms with Crippen LogP contribution in [0.4, 0.5) is 0 Å². The number of likely N-dealkylation sites (N-methyl/N-ethyl adjacent to an activating group) is 1. The molecule has 0 spiro atoms. The number of nitrogens with one attached hydrogen (secondary N) is 1. The SMILES string of the molecule is CCNC(CCCOC)Cc1ccc(Br)s1. The van der Waals surface area contributed by atoms with E-state index < -0.39 is 0 Å². The Morgan fingerprint density at radius 1 is 1.50 bits per heavy atom. The molecule has 2 nitrogen and oxygen atoms in total. The summed E-state index contributed by atoms with van der Waals surface area (Å²) in [7, 11) is 1.76. The minimum Gasteiger partial charge on any atom is -0.385 e. The number of halogens is 1. The summed E-state index contributed by atoms with van der Waals surface area (Å²) >= 11 is 5.33. The second-order valence-corrected chi connectivity index (χ2v) is 6.35. The fourth-order valence-corrected chi connectivity index (χ4v) is 3.31. The molecule has 0 bridgehead atoms. The Balaban J connectivity index is 2.37. The van der Waals surface area contributed by atoms with Crippen molar-refractivity contribution in [3.05, 3.63) is 20.8 Å². The highest BCUT2D eigenvalue weighted by Crippen LogP contribution is 2.23. The zero-order chi connectivity index (χ0) is 11.8. The quantitative estimate of drug-likeness (QED) is 0.743.